The second-order valence-electron chi connectivity index (χ2n) is 6.64. The first-order valence-corrected chi connectivity index (χ1v) is 11.0. The molecule has 30 heavy (non-hydrogen) atoms. The average molecular weight is 436 g/mol. The van der Waals surface area contributed by atoms with E-state index in [0.717, 1.165) is 11.7 Å². The van der Waals surface area contributed by atoms with E-state index in [9.17, 15) is 18.0 Å². The van der Waals surface area contributed by atoms with Gasteiger partial charge in [0.1, 0.15) is 21.7 Å². The monoisotopic (exact) mass is 436 g/mol. The normalized spacial score (nSPS) is 13.2. The van der Waals surface area contributed by atoms with Gasteiger partial charge in [-0.15, -0.1) is 0 Å². The number of methoxy groups -OCH3 is 1. The Bertz CT molecular complexity index is 1470. The molecule has 1 aromatic heterocycles. The Morgan fingerprint density at radius 3 is 2.13 bits per heavy atom. The summed E-state index contributed by atoms with van der Waals surface area (Å²) in [6, 6.07) is 13.6. The lowest BCUT2D eigenvalue weighted by molar-refractivity contribution is 0.0980. The van der Waals surface area contributed by atoms with E-state index < -0.39 is 15.6 Å². The number of rotatable bonds is 3. The lowest BCUT2D eigenvalue weighted by Crippen LogP contribution is -2.22. The summed E-state index contributed by atoms with van der Waals surface area (Å²) in [5, 5.41) is 0. The summed E-state index contributed by atoms with van der Waals surface area (Å²) in [7, 11) is -2.54. The van der Waals surface area contributed by atoms with E-state index in [1.165, 1.54) is 37.4 Å². The van der Waals surface area contributed by atoms with Gasteiger partial charge in [-0.05, 0) is 30.3 Å². The molecular weight excluding hydrogens is 424 g/mol. The van der Waals surface area contributed by atoms with Gasteiger partial charge in [0.2, 0.25) is 9.84 Å². The van der Waals surface area contributed by atoms with E-state index in [0.29, 0.717) is 5.75 Å². The number of nitrogens with zero attached hydrogens (tertiary/aromatic N) is 2. The van der Waals surface area contributed by atoms with Gasteiger partial charge in [0, 0.05) is 16.7 Å². The fraction of sp³-hybridized carbons (Fsp3) is 0.0476. The van der Waals surface area contributed by atoms with Crippen LogP contribution < -0.4 is 4.74 Å². The van der Waals surface area contributed by atoms with E-state index in [1.807, 2.05) is 0 Å². The smallest absolute Gasteiger partial charge is 0.208 e. The molecule has 0 spiro atoms. The third-order valence-electron chi connectivity index (χ3n) is 5.05. The van der Waals surface area contributed by atoms with Gasteiger partial charge in [0.15, 0.2) is 11.6 Å². The van der Waals surface area contributed by atoms with Gasteiger partial charge >= 0.3 is 0 Å². The van der Waals surface area contributed by atoms with E-state index in [2.05, 4.69) is 8.75 Å². The van der Waals surface area contributed by atoms with Gasteiger partial charge in [-0.1, -0.05) is 24.3 Å². The summed E-state index contributed by atoms with van der Waals surface area (Å²) in [6.07, 6.45) is 0. The SMILES string of the molecule is COc1ccc(S(=O)(=O)c2cc3c(c4nsnc24)C(=O)c2ccccc2C3=O)cc1. The maximum absolute atomic E-state index is 13.4. The van der Waals surface area contributed by atoms with Crippen LogP contribution in [0.25, 0.3) is 11.0 Å². The molecule has 4 aromatic rings. The molecule has 0 bridgehead atoms. The minimum absolute atomic E-state index is 0.0194. The van der Waals surface area contributed by atoms with Crippen LogP contribution in [-0.4, -0.2) is 35.8 Å². The third-order valence-corrected chi connectivity index (χ3v) is 7.36. The van der Waals surface area contributed by atoms with E-state index in [1.54, 1.807) is 24.3 Å². The van der Waals surface area contributed by atoms with Crippen molar-refractivity contribution in [2.45, 2.75) is 9.79 Å². The standard InChI is InChI=1S/C21H12N2O5S2/c1-28-11-6-8-12(9-7-11)30(26,27)16-10-15-17(19-18(16)22-29-23-19)21(25)14-5-3-2-4-13(14)20(15)24/h2-10H,1H3. The Morgan fingerprint density at radius 2 is 1.47 bits per heavy atom. The quantitative estimate of drug-likeness (QED) is 0.427. The number of hydrogen-bond acceptors (Lipinski definition) is 8. The maximum atomic E-state index is 13.4. The van der Waals surface area contributed by atoms with Crippen LogP contribution in [0.5, 0.6) is 5.75 Å². The molecule has 7 nitrogen and oxygen atoms in total. The molecule has 0 atom stereocenters. The molecule has 0 saturated heterocycles. The maximum Gasteiger partial charge on any atom is 0.208 e. The van der Waals surface area contributed by atoms with Gasteiger partial charge in [-0.25, -0.2) is 8.42 Å². The Labute approximate surface area is 175 Å². The fourth-order valence-corrected chi connectivity index (χ4v) is 5.61. The van der Waals surface area contributed by atoms with Gasteiger partial charge in [0.05, 0.1) is 29.3 Å². The lowest BCUT2D eigenvalue weighted by atomic mass is 9.83. The van der Waals surface area contributed by atoms with Gasteiger partial charge in [-0.2, -0.15) is 8.75 Å². The van der Waals surface area contributed by atoms with Crippen molar-refractivity contribution in [3.05, 3.63) is 76.9 Å². The van der Waals surface area contributed by atoms with Crippen LogP contribution in [0.3, 0.4) is 0 Å². The molecule has 1 aliphatic carbocycles. The van der Waals surface area contributed by atoms with Crippen LogP contribution in [-0.2, 0) is 9.84 Å². The zero-order chi connectivity index (χ0) is 21.0. The summed E-state index contributed by atoms with van der Waals surface area (Å²) < 4.78 is 40.1. The first kappa shape index (κ1) is 18.6. The highest BCUT2D eigenvalue weighted by Gasteiger charge is 2.35. The van der Waals surface area contributed by atoms with Crippen molar-refractivity contribution in [1.82, 2.24) is 8.75 Å². The zero-order valence-corrected chi connectivity index (χ0v) is 17.1. The summed E-state index contributed by atoms with van der Waals surface area (Å²) in [5.74, 6) is -0.273. The van der Waals surface area contributed by atoms with Crippen LogP contribution in [0.1, 0.15) is 31.8 Å². The summed E-state index contributed by atoms with van der Waals surface area (Å²) >= 11 is 0.794. The number of ketones is 2. The number of carbonyl (C=O) groups excluding carboxylic acids is 2. The van der Waals surface area contributed by atoms with Crippen molar-refractivity contribution in [1.29, 1.82) is 0 Å². The molecule has 0 saturated carbocycles. The predicted octanol–water partition coefficient (Wildman–Crippen LogP) is 3.31. The number of hydrogen-bond donors (Lipinski definition) is 0. The Hall–Kier alpha value is -3.43. The Kier molecular flexibility index (Phi) is 4.05. The summed E-state index contributed by atoms with van der Waals surface area (Å²) in [4.78, 5) is 26.1. The molecule has 1 heterocycles. The van der Waals surface area contributed by atoms with Crippen LogP contribution in [0, 0.1) is 0 Å². The van der Waals surface area contributed by atoms with Crippen LogP contribution in [0.4, 0.5) is 0 Å². The van der Waals surface area contributed by atoms with Gasteiger partial charge < -0.3 is 4.74 Å². The molecule has 0 N–H and O–H groups in total. The van der Waals surface area contributed by atoms with Crippen molar-refractivity contribution in [3.63, 3.8) is 0 Å². The van der Waals surface area contributed by atoms with E-state index in [-0.39, 0.29) is 48.9 Å². The van der Waals surface area contributed by atoms with Crippen molar-refractivity contribution >= 4 is 44.2 Å². The molecule has 9 heteroatoms. The molecule has 0 fully saturated rings. The molecule has 1 aliphatic rings. The second-order valence-corrected chi connectivity index (χ2v) is 9.09. The molecule has 148 valence electrons. The largest absolute Gasteiger partial charge is 0.497 e. The average Bonchev–Trinajstić information content (AvgIpc) is 3.26. The topological polar surface area (TPSA) is 103 Å². The molecule has 3 aromatic carbocycles. The Balaban J connectivity index is 1.79. The van der Waals surface area contributed by atoms with Gasteiger partial charge in [-0.3, -0.25) is 9.59 Å². The number of aromatic nitrogens is 2. The number of sulfone groups is 1. The molecule has 0 unspecified atom stereocenters. The number of fused-ring (bicyclic) bond motifs is 4. The minimum atomic E-state index is -4.03. The van der Waals surface area contributed by atoms with E-state index >= 15 is 0 Å². The summed E-state index contributed by atoms with van der Waals surface area (Å²) in [6.45, 7) is 0. The number of ether oxygens (including phenoxy) is 1. The first-order valence-electron chi connectivity index (χ1n) is 8.80. The molecule has 0 amide bonds. The molecule has 0 aliphatic heterocycles. The van der Waals surface area contributed by atoms with Gasteiger partial charge in [0.25, 0.3) is 0 Å². The van der Waals surface area contributed by atoms with Crippen molar-refractivity contribution in [2.24, 2.45) is 0 Å². The van der Waals surface area contributed by atoms with Crippen molar-refractivity contribution in [2.75, 3.05) is 7.11 Å². The minimum Gasteiger partial charge on any atom is -0.497 e. The second kappa shape index (κ2) is 6.54. The molecule has 0 radical (unpaired) electrons. The fourth-order valence-electron chi connectivity index (χ4n) is 3.57. The Morgan fingerprint density at radius 1 is 0.833 bits per heavy atom. The zero-order valence-electron chi connectivity index (χ0n) is 15.4. The first-order chi connectivity index (χ1) is 14.4. The third kappa shape index (κ3) is 2.52. The van der Waals surface area contributed by atoms with Crippen molar-refractivity contribution < 1.29 is 22.7 Å². The molecular formula is C21H12N2O5S2. The highest BCUT2D eigenvalue weighted by atomic mass is 32.2. The highest BCUT2D eigenvalue weighted by molar-refractivity contribution is 7.91. The predicted molar refractivity (Wildman–Crippen MR) is 109 cm³/mol. The van der Waals surface area contributed by atoms with Crippen LogP contribution in [0.2, 0.25) is 0 Å². The number of benzene rings is 3. The summed E-state index contributed by atoms with van der Waals surface area (Å²) in [5.41, 5.74) is 0.829. The van der Waals surface area contributed by atoms with Crippen molar-refractivity contribution in [3.8, 4) is 5.75 Å². The highest BCUT2D eigenvalue weighted by Crippen LogP contribution is 2.37. The van der Waals surface area contributed by atoms with Crippen LogP contribution >= 0.6 is 11.7 Å². The van der Waals surface area contributed by atoms with Crippen LogP contribution in [0.15, 0.2) is 64.4 Å². The number of carbonyl (C=O) groups is 2. The molecule has 5 rings (SSSR count). The lowest BCUT2D eigenvalue weighted by Gasteiger charge is -2.18. The van der Waals surface area contributed by atoms with E-state index in [4.69, 9.17) is 4.74 Å².